The van der Waals surface area contributed by atoms with Crippen LogP contribution in [0.25, 0.3) is 21.8 Å². The highest BCUT2D eigenvalue weighted by molar-refractivity contribution is 6.31. The zero-order valence-electron chi connectivity index (χ0n) is 30.7. The summed E-state index contributed by atoms with van der Waals surface area (Å²) < 4.78 is 30.4. The van der Waals surface area contributed by atoms with Crippen molar-refractivity contribution in [3.63, 3.8) is 0 Å². The van der Waals surface area contributed by atoms with Crippen molar-refractivity contribution >= 4 is 68.8 Å². The third kappa shape index (κ3) is 8.54. The molecule has 0 spiro atoms. The fourth-order valence-corrected chi connectivity index (χ4v) is 6.77. The smallest absolute Gasteiger partial charge is 0.310 e. The molecule has 0 radical (unpaired) electrons. The summed E-state index contributed by atoms with van der Waals surface area (Å²) in [5.41, 5.74) is 4.64. The SMILES string of the molecule is COc1ccc2c(c1)c(CC(=O)OCCOCCOC(=O)Cc1c(C)n(C(=O)c3ccc(Cl)cc3)c3ccc(OC)cc13)c(C)n2C(=O)c1ccc(Cl)cc1. The van der Waals surface area contributed by atoms with E-state index in [9.17, 15) is 19.2 Å². The molecule has 0 unspecified atom stereocenters. The monoisotopic (exact) mass is 784 g/mol. The minimum Gasteiger partial charge on any atom is -0.497 e. The Morgan fingerprint density at radius 2 is 0.927 bits per heavy atom. The van der Waals surface area contributed by atoms with Gasteiger partial charge in [0.05, 0.1) is 51.3 Å². The van der Waals surface area contributed by atoms with Gasteiger partial charge in [-0.3, -0.25) is 28.3 Å². The van der Waals surface area contributed by atoms with Crippen LogP contribution in [0.2, 0.25) is 10.0 Å². The minimum absolute atomic E-state index is 0.0281. The van der Waals surface area contributed by atoms with Gasteiger partial charge >= 0.3 is 11.9 Å². The fourth-order valence-electron chi connectivity index (χ4n) is 6.51. The van der Waals surface area contributed by atoms with Gasteiger partial charge in [0.1, 0.15) is 24.7 Å². The molecule has 13 heteroatoms. The normalized spacial score (nSPS) is 11.2. The predicted octanol–water partition coefficient (Wildman–Crippen LogP) is 7.80. The minimum atomic E-state index is -0.500. The Morgan fingerprint density at radius 3 is 1.29 bits per heavy atom. The number of carbonyl (C=O) groups excluding carboxylic acids is 4. The second-order valence-corrected chi connectivity index (χ2v) is 13.5. The first kappa shape index (κ1) is 39.1. The zero-order chi connectivity index (χ0) is 39.2. The highest BCUT2D eigenvalue weighted by Crippen LogP contribution is 2.32. The summed E-state index contributed by atoms with van der Waals surface area (Å²) in [5, 5.41) is 2.42. The predicted molar refractivity (Wildman–Crippen MR) is 209 cm³/mol. The number of fused-ring (bicyclic) bond motifs is 2. The number of benzene rings is 4. The molecule has 0 saturated carbocycles. The van der Waals surface area contributed by atoms with Crippen LogP contribution in [0.3, 0.4) is 0 Å². The van der Waals surface area contributed by atoms with Crippen LogP contribution in [0.15, 0.2) is 84.9 Å². The van der Waals surface area contributed by atoms with Crippen molar-refractivity contribution in [2.24, 2.45) is 0 Å². The maximum Gasteiger partial charge on any atom is 0.310 e. The Hall–Kier alpha value is -5.62. The Labute approximate surface area is 327 Å². The number of methoxy groups -OCH3 is 2. The molecule has 55 heavy (non-hydrogen) atoms. The fraction of sp³-hybridized carbons (Fsp3) is 0.238. The Morgan fingerprint density at radius 1 is 0.545 bits per heavy atom. The molecule has 0 aliphatic heterocycles. The van der Waals surface area contributed by atoms with Gasteiger partial charge in [-0.25, -0.2) is 0 Å². The van der Waals surface area contributed by atoms with Crippen LogP contribution in [0, 0.1) is 13.8 Å². The second kappa shape index (κ2) is 17.2. The van der Waals surface area contributed by atoms with Gasteiger partial charge in [-0.15, -0.1) is 0 Å². The van der Waals surface area contributed by atoms with E-state index in [0.717, 1.165) is 0 Å². The van der Waals surface area contributed by atoms with E-state index >= 15 is 0 Å². The molecule has 2 aromatic heterocycles. The number of rotatable bonds is 14. The maximum atomic E-state index is 13.6. The van der Waals surface area contributed by atoms with Gasteiger partial charge in [0.15, 0.2) is 0 Å². The third-order valence-corrected chi connectivity index (χ3v) is 9.80. The molecule has 0 atom stereocenters. The maximum absolute atomic E-state index is 13.6. The first-order valence-corrected chi connectivity index (χ1v) is 18.1. The first-order valence-electron chi connectivity index (χ1n) is 17.4. The number of aromatic nitrogens is 2. The van der Waals surface area contributed by atoms with Crippen molar-refractivity contribution in [1.82, 2.24) is 9.13 Å². The molecule has 0 aliphatic carbocycles. The van der Waals surface area contributed by atoms with Crippen molar-refractivity contribution in [2.45, 2.75) is 26.7 Å². The molecule has 6 aromatic rings. The van der Waals surface area contributed by atoms with Crippen LogP contribution >= 0.6 is 23.2 Å². The highest BCUT2D eigenvalue weighted by Gasteiger charge is 2.24. The van der Waals surface area contributed by atoms with Crippen molar-refractivity contribution in [1.29, 1.82) is 0 Å². The molecule has 0 aliphatic rings. The molecular weight excluding hydrogens is 747 g/mol. The zero-order valence-corrected chi connectivity index (χ0v) is 32.2. The molecule has 0 fully saturated rings. The molecule has 0 saturated heterocycles. The summed E-state index contributed by atoms with van der Waals surface area (Å²) in [7, 11) is 3.09. The number of ether oxygens (including phenoxy) is 5. The van der Waals surface area contributed by atoms with Gasteiger partial charge in [0, 0.05) is 43.3 Å². The molecule has 0 amide bonds. The van der Waals surface area contributed by atoms with E-state index in [1.54, 1.807) is 122 Å². The van der Waals surface area contributed by atoms with Crippen molar-refractivity contribution in [2.75, 3.05) is 40.6 Å². The van der Waals surface area contributed by atoms with E-state index in [1.165, 1.54) is 0 Å². The molecular formula is C42H38Cl2N2O9. The van der Waals surface area contributed by atoms with E-state index in [4.69, 9.17) is 46.9 Å². The van der Waals surface area contributed by atoms with Crippen LogP contribution in [-0.4, -0.2) is 73.5 Å². The Bertz CT molecular complexity index is 2230. The highest BCUT2D eigenvalue weighted by atomic mass is 35.5. The largest absolute Gasteiger partial charge is 0.497 e. The van der Waals surface area contributed by atoms with Crippen LogP contribution in [0.4, 0.5) is 0 Å². The summed E-state index contributed by atoms with van der Waals surface area (Å²) >= 11 is 12.1. The van der Waals surface area contributed by atoms with Gasteiger partial charge in [-0.1, -0.05) is 23.2 Å². The van der Waals surface area contributed by atoms with Crippen LogP contribution in [0.5, 0.6) is 11.5 Å². The molecule has 6 rings (SSSR count). The molecule has 0 N–H and O–H groups in total. The number of hydrogen-bond acceptors (Lipinski definition) is 9. The lowest BCUT2D eigenvalue weighted by molar-refractivity contribution is -0.145. The number of carbonyl (C=O) groups is 4. The lowest BCUT2D eigenvalue weighted by atomic mass is 10.1. The summed E-state index contributed by atoms with van der Waals surface area (Å²) in [6.45, 7) is 3.66. The standard InChI is InChI=1S/C42H38Cl2N2O9/c1-25-33(35-21-31(51-3)13-15-37(35)45(25)41(49)27-5-9-29(43)10-6-27)23-39(47)54-19-17-53-18-20-55-40(48)24-34-26(2)46(38-16-14-32(52-4)22-36(34)38)42(50)28-7-11-30(44)12-8-28/h5-16,21-22H,17-20,23-24H2,1-4H3. The quantitative estimate of drug-likeness (QED) is 0.0804. The lowest BCUT2D eigenvalue weighted by Crippen LogP contribution is -2.17. The van der Waals surface area contributed by atoms with Crippen molar-refractivity contribution < 1.29 is 42.9 Å². The average Bonchev–Trinajstić information content (AvgIpc) is 3.61. The van der Waals surface area contributed by atoms with Gasteiger partial charge in [0.25, 0.3) is 11.8 Å². The molecule has 11 nitrogen and oxygen atoms in total. The van der Waals surface area contributed by atoms with Gasteiger partial charge in [-0.2, -0.15) is 0 Å². The number of halogens is 2. The number of esters is 2. The van der Waals surface area contributed by atoms with E-state index in [0.29, 0.717) is 77.0 Å². The Kier molecular flexibility index (Phi) is 12.2. The summed E-state index contributed by atoms with van der Waals surface area (Å²) in [4.78, 5) is 53.1. The third-order valence-electron chi connectivity index (χ3n) is 9.30. The molecule has 4 aromatic carbocycles. The molecule has 0 bridgehead atoms. The Balaban J connectivity index is 1.02. The summed E-state index contributed by atoms with van der Waals surface area (Å²) in [6, 6.07) is 23.9. The van der Waals surface area contributed by atoms with Crippen LogP contribution in [-0.2, 0) is 36.6 Å². The van der Waals surface area contributed by atoms with Gasteiger partial charge in [-0.05, 0) is 110 Å². The van der Waals surface area contributed by atoms with E-state index < -0.39 is 11.9 Å². The topological polar surface area (TPSA) is 124 Å². The average molecular weight is 786 g/mol. The summed E-state index contributed by atoms with van der Waals surface area (Å²) in [6.07, 6.45) is -0.165. The molecule has 2 heterocycles. The van der Waals surface area contributed by atoms with Crippen molar-refractivity contribution in [3.8, 4) is 11.5 Å². The van der Waals surface area contributed by atoms with Crippen molar-refractivity contribution in [3.05, 3.63) is 129 Å². The van der Waals surface area contributed by atoms with Gasteiger partial charge < -0.3 is 23.7 Å². The van der Waals surface area contributed by atoms with Crippen LogP contribution in [0.1, 0.15) is 43.2 Å². The van der Waals surface area contributed by atoms with Crippen LogP contribution < -0.4 is 9.47 Å². The van der Waals surface area contributed by atoms with E-state index in [-0.39, 0.29) is 51.1 Å². The molecule has 284 valence electrons. The first-order chi connectivity index (χ1) is 26.5. The van der Waals surface area contributed by atoms with E-state index in [1.807, 2.05) is 0 Å². The van der Waals surface area contributed by atoms with E-state index in [2.05, 4.69) is 0 Å². The summed E-state index contributed by atoms with van der Waals surface area (Å²) in [5.74, 6) is -0.356. The lowest BCUT2D eigenvalue weighted by Gasteiger charge is -2.09. The second-order valence-electron chi connectivity index (χ2n) is 12.6. The number of nitrogens with zero attached hydrogens (tertiary/aromatic N) is 2. The van der Waals surface area contributed by atoms with Gasteiger partial charge in [0.2, 0.25) is 0 Å². The number of hydrogen-bond donors (Lipinski definition) is 0.